The van der Waals surface area contributed by atoms with Crippen molar-refractivity contribution in [2.45, 2.75) is 13.5 Å². The molecule has 0 atom stereocenters. The minimum absolute atomic E-state index is 0.0877. The molecule has 1 aromatic rings. The van der Waals surface area contributed by atoms with Gasteiger partial charge in [-0.05, 0) is 6.92 Å². The maximum Gasteiger partial charge on any atom is 0.353 e. The van der Waals surface area contributed by atoms with Crippen LogP contribution in [0.25, 0.3) is 0 Å². The molecule has 0 fully saturated rings. The van der Waals surface area contributed by atoms with Crippen molar-refractivity contribution in [2.75, 3.05) is 6.61 Å². The third-order valence-corrected chi connectivity index (χ3v) is 1.30. The summed E-state index contributed by atoms with van der Waals surface area (Å²) in [5.41, 5.74) is 0.0877. The first kappa shape index (κ1) is 8.73. The molecular weight excluding hydrogens is 160 g/mol. The number of hydrogen-bond acceptors (Lipinski definition) is 3. The van der Waals surface area contributed by atoms with E-state index in [9.17, 15) is 4.79 Å². The lowest BCUT2D eigenvalue weighted by atomic mass is 10.5. The molecule has 66 valence electrons. The fourth-order valence-electron chi connectivity index (χ4n) is 0.743. The van der Waals surface area contributed by atoms with Crippen LogP contribution in [0.3, 0.4) is 0 Å². The van der Waals surface area contributed by atoms with Gasteiger partial charge in [-0.25, -0.2) is 9.78 Å². The summed E-state index contributed by atoms with van der Waals surface area (Å²) in [7, 11) is 0. The standard InChI is InChI=1S/C7H10N2O3/c1-2-12-4-6-8-3-5(9-6)7(10)11/h3H,2,4H2,1H3,(H,8,9)(H,10,11). The molecule has 0 amide bonds. The van der Waals surface area contributed by atoms with E-state index in [0.717, 1.165) is 0 Å². The van der Waals surface area contributed by atoms with Crippen LogP contribution in [0, 0.1) is 0 Å². The minimum atomic E-state index is -1.01. The second-order valence-corrected chi connectivity index (χ2v) is 2.19. The van der Waals surface area contributed by atoms with Crippen LogP contribution in [-0.2, 0) is 11.3 Å². The lowest BCUT2D eigenvalue weighted by Crippen LogP contribution is -1.98. The van der Waals surface area contributed by atoms with Gasteiger partial charge in [0.15, 0.2) is 0 Å². The fourth-order valence-corrected chi connectivity index (χ4v) is 0.743. The Bertz CT molecular complexity index is 269. The van der Waals surface area contributed by atoms with E-state index in [4.69, 9.17) is 9.84 Å². The largest absolute Gasteiger partial charge is 0.477 e. The number of hydrogen-bond donors (Lipinski definition) is 2. The summed E-state index contributed by atoms with van der Waals surface area (Å²) < 4.78 is 5.03. The monoisotopic (exact) mass is 170 g/mol. The topological polar surface area (TPSA) is 75.2 Å². The van der Waals surface area contributed by atoms with Gasteiger partial charge in [0.05, 0.1) is 6.20 Å². The Morgan fingerprint density at radius 1 is 1.83 bits per heavy atom. The smallest absolute Gasteiger partial charge is 0.353 e. The zero-order chi connectivity index (χ0) is 8.97. The summed E-state index contributed by atoms with van der Waals surface area (Å²) in [5.74, 6) is -0.473. The predicted molar refractivity (Wildman–Crippen MR) is 40.9 cm³/mol. The van der Waals surface area contributed by atoms with Gasteiger partial charge in [0.1, 0.15) is 18.1 Å². The van der Waals surface area contributed by atoms with Crippen LogP contribution in [0.1, 0.15) is 23.2 Å². The molecule has 0 unspecified atom stereocenters. The molecule has 1 heterocycles. The average Bonchev–Trinajstić information content (AvgIpc) is 2.48. The van der Waals surface area contributed by atoms with E-state index in [1.54, 1.807) is 0 Å². The molecular formula is C7H10N2O3. The van der Waals surface area contributed by atoms with E-state index in [-0.39, 0.29) is 5.69 Å². The second-order valence-electron chi connectivity index (χ2n) is 2.19. The van der Waals surface area contributed by atoms with Crippen molar-refractivity contribution >= 4 is 5.97 Å². The van der Waals surface area contributed by atoms with Gasteiger partial charge in [0.25, 0.3) is 0 Å². The number of aromatic amines is 1. The van der Waals surface area contributed by atoms with Gasteiger partial charge in [-0.3, -0.25) is 0 Å². The number of ether oxygens (including phenoxy) is 1. The number of imidazole rings is 1. The molecule has 0 saturated heterocycles. The first-order valence-electron chi connectivity index (χ1n) is 3.59. The first-order chi connectivity index (χ1) is 5.74. The SMILES string of the molecule is CCOCc1ncc(C(=O)O)[nH]1. The van der Waals surface area contributed by atoms with Crippen LogP contribution in [0.4, 0.5) is 0 Å². The van der Waals surface area contributed by atoms with Crippen LogP contribution in [0.5, 0.6) is 0 Å². The van der Waals surface area contributed by atoms with Crippen LogP contribution < -0.4 is 0 Å². The van der Waals surface area contributed by atoms with Gasteiger partial charge in [0, 0.05) is 6.61 Å². The highest BCUT2D eigenvalue weighted by Gasteiger charge is 2.06. The lowest BCUT2D eigenvalue weighted by Gasteiger charge is -1.94. The Morgan fingerprint density at radius 2 is 2.58 bits per heavy atom. The number of carbonyl (C=O) groups is 1. The molecule has 1 rings (SSSR count). The van der Waals surface area contributed by atoms with Crippen molar-refractivity contribution in [3.63, 3.8) is 0 Å². The average molecular weight is 170 g/mol. The van der Waals surface area contributed by atoms with Gasteiger partial charge in [-0.1, -0.05) is 0 Å². The van der Waals surface area contributed by atoms with E-state index in [1.165, 1.54) is 6.20 Å². The molecule has 0 aromatic carbocycles. The van der Waals surface area contributed by atoms with Gasteiger partial charge >= 0.3 is 5.97 Å². The number of nitrogens with one attached hydrogen (secondary N) is 1. The lowest BCUT2D eigenvalue weighted by molar-refractivity contribution is 0.0690. The Balaban J connectivity index is 2.58. The zero-order valence-electron chi connectivity index (χ0n) is 6.70. The summed E-state index contributed by atoms with van der Waals surface area (Å²) in [6, 6.07) is 0. The quantitative estimate of drug-likeness (QED) is 0.695. The van der Waals surface area contributed by atoms with Crippen LogP contribution in [-0.4, -0.2) is 27.7 Å². The van der Waals surface area contributed by atoms with Gasteiger partial charge in [-0.2, -0.15) is 0 Å². The number of aromatic carboxylic acids is 1. The summed E-state index contributed by atoms with van der Waals surface area (Å²) in [6.45, 7) is 2.77. The molecule has 1 aromatic heterocycles. The van der Waals surface area contributed by atoms with Crippen molar-refractivity contribution in [3.8, 4) is 0 Å². The normalized spacial score (nSPS) is 10.1. The molecule has 5 heteroatoms. The maximum absolute atomic E-state index is 10.4. The van der Waals surface area contributed by atoms with Crippen molar-refractivity contribution in [1.82, 2.24) is 9.97 Å². The zero-order valence-corrected chi connectivity index (χ0v) is 6.70. The molecule has 5 nitrogen and oxygen atoms in total. The summed E-state index contributed by atoms with van der Waals surface area (Å²) in [6.07, 6.45) is 1.27. The summed E-state index contributed by atoms with van der Waals surface area (Å²) in [5, 5.41) is 8.51. The second kappa shape index (κ2) is 3.87. The molecule has 12 heavy (non-hydrogen) atoms. The van der Waals surface area contributed by atoms with Crippen molar-refractivity contribution in [3.05, 3.63) is 17.7 Å². The molecule has 0 aliphatic rings. The third-order valence-electron chi connectivity index (χ3n) is 1.30. The minimum Gasteiger partial charge on any atom is -0.477 e. The highest BCUT2D eigenvalue weighted by molar-refractivity contribution is 5.84. The van der Waals surface area contributed by atoms with Crippen molar-refractivity contribution in [1.29, 1.82) is 0 Å². The Kier molecular flexibility index (Phi) is 2.82. The van der Waals surface area contributed by atoms with Crippen LogP contribution in [0.2, 0.25) is 0 Å². The molecule has 2 N–H and O–H groups in total. The van der Waals surface area contributed by atoms with E-state index < -0.39 is 5.97 Å². The Hall–Kier alpha value is -1.36. The number of aromatic nitrogens is 2. The molecule has 0 aliphatic heterocycles. The summed E-state index contributed by atoms with van der Waals surface area (Å²) in [4.78, 5) is 16.8. The van der Waals surface area contributed by atoms with Crippen molar-refractivity contribution < 1.29 is 14.6 Å². The molecule has 0 saturated carbocycles. The number of carboxylic acids is 1. The number of rotatable bonds is 4. The highest BCUT2D eigenvalue weighted by Crippen LogP contribution is 1.98. The van der Waals surface area contributed by atoms with Gasteiger partial charge in [-0.15, -0.1) is 0 Å². The number of carboxylic acid groups (broad SMARTS) is 1. The maximum atomic E-state index is 10.4. The van der Waals surface area contributed by atoms with Crippen molar-refractivity contribution in [2.24, 2.45) is 0 Å². The number of H-pyrrole nitrogens is 1. The van der Waals surface area contributed by atoms with E-state index >= 15 is 0 Å². The highest BCUT2D eigenvalue weighted by atomic mass is 16.5. The van der Waals surface area contributed by atoms with Gasteiger partial charge < -0.3 is 14.8 Å². The number of nitrogens with zero attached hydrogens (tertiary/aromatic N) is 1. The molecule has 0 bridgehead atoms. The first-order valence-corrected chi connectivity index (χ1v) is 3.59. The van der Waals surface area contributed by atoms with E-state index in [1.807, 2.05) is 6.92 Å². The molecule has 0 radical (unpaired) electrons. The Labute approximate surface area is 69.4 Å². The molecule has 0 spiro atoms. The van der Waals surface area contributed by atoms with Gasteiger partial charge in [0.2, 0.25) is 0 Å². The molecule has 0 aliphatic carbocycles. The summed E-state index contributed by atoms with van der Waals surface area (Å²) >= 11 is 0. The van der Waals surface area contributed by atoms with Crippen LogP contribution in [0.15, 0.2) is 6.20 Å². The van der Waals surface area contributed by atoms with Crippen LogP contribution >= 0.6 is 0 Å². The predicted octanol–water partition coefficient (Wildman–Crippen LogP) is 0.644. The van der Waals surface area contributed by atoms with E-state index in [2.05, 4.69) is 9.97 Å². The Morgan fingerprint density at radius 3 is 3.08 bits per heavy atom. The third kappa shape index (κ3) is 2.06. The van der Waals surface area contributed by atoms with E-state index in [0.29, 0.717) is 19.0 Å². The fraction of sp³-hybridized carbons (Fsp3) is 0.429.